The van der Waals surface area contributed by atoms with E-state index in [1.54, 1.807) is 31.4 Å². The van der Waals surface area contributed by atoms with Crippen LogP contribution < -0.4 is 15.3 Å². The summed E-state index contributed by atoms with van der Waals surface area (Å²) in [6, 6.07) is 12.7. The molecule has 1 radical (unpaired) electrons. The molecule has 2 aromatic carbocycles. The van der Waals surface area contributed by atoms with Gasteiger partial charge in [-0.3, -0.25) is 4.57 Å². The molecule has 87 valence electrons. The molecule has 2 nitrogen and oxygen atoms in total. The molecule has 0 fully saturated rings. The average Bonchev–Trinajstić information content (AvgIpc) is 2.39. The summed E-state index contributed by atoms with van der Waals surface area (Å²) >= 11 is 0. The molecule has 2 aromatic rings. The van der Waals surface area contributed by atoms with Crippen LogP contribution in [-0.4, -0.2) is 7.11 Å². The third-order valence-electron chi connectivity index (χ3n) is 2.37. The van der Waals surface area contributed by atoms with E-state index in [9.17, 15) is 8.96 Å². The minimum atomic E-state index is -1.67. The van der Waals surface area contributed by atoms with Crippen molar-refractivity contribution in [1.29, 1.82) is 0 Å². The highest BCUT2D eigenvalue weighted by Crippen LogP contribution is 2.21. The quantitative estimate of drug-likeness (QED) is 0.781. The largest absolute Gasteiger partial charge is 0.497 e. The first kappa shape index (κ1) is 11.7. The number of halogens is 1. The minimum Gasteiger partial charge on any atom is -0.497 e. The Hall–Kier alpha value is -1.73. The zero-order chi connectivity index (χ0) is 12.3. The van der Waals surface area contributed by atoms with Crippen molar-refractivity contribution in [2.45, 2.75) is 0 Å². The second-order valence-electron chi connectivity index (χ2n) is 3.47. The Morgan fingerprint density at radius 2 is 1.41 bits per heavy atom. The topological polar surface area (TPSA) is 26.3 Å². The fraction of sp³-hybridized carbons (Fsp3) is 0.0769. The Kier molecular flexibility index (Phi) is 3.50. The molecule has 0 aliphatic rings. The molecule has 0 bridgehead atoms. The SMILES string of the molecule is COc1ccc([P](=O)c2ccc(F)cc2)cc1. The van der Waals surface area contributed by atoms with Crippen molar-refractivity contribution in [2.24, 2.45) is 0 Å². The summed E-state index contributed by atoms with van der Waals surface area (Å²) < 4.78 is 29.9. The maximum Gasteiger partial charge on any atom is 0.136 e. The number of methoxy groups -OCH3 is 1. The van der Waals surface area contributed by atoms with E-state index in [2.05, 4.69) is 0 Å². The van der Waals surface area contributed by atoms with Crippen molar-refractivity contribution in [3.8, 4) is 5.75 Å². The minimum absolute atomic E-state index is 0.327. The van der Waals surface area contributed by atoms with Crippen molar-refractivity contribution in [2.75, 3.05) is 7.11 Å². The molecular weight excluding hydrogens is 238 g/mol. The fourth-order valence-corrected chi connectivity index (χ4v) is 2.58. The van der Waals surface area contributed by atoms with Gasteiger partial charge in [0.15, 0.2) is 0 Å². The highest BCUT2D eigenvalue weighted by atomic mass is 31.1. The first-order valence-electron chi connectivity index (χ1n) is 5.07. The van der Waals surface area contributed by atoms with Gasteiger partial charge >= 0.3 is 0 Å². The first-order chi connectivity index (χ1) is 8.20. The summed E-state index contributed by atoms with van der Waals surface area (Å²) in [5.74, 6) is 0.392. The maximum absolute atomic E-state index is 12.7. The Labute approximate surface area is 99.8 Å². The van der Waals surface area contributed by atoms with Crippen LogP contribution in [0.2, 0.25) is 0 Å². The van der Waals surface area contributed by atoms with Crippen LogP contribution in [0.3, 0.4) is 0 Å². The van der Waals surface area contributed by atoms with E-state index in [-0.39, 0.29) is 5.82 Å². The van der Waals surface area contributed by atoms with Crippen LogP contribution in [0.4, 0.5) is 4.39 Å². The van der Waals surface area contributed by atoms with E-state index < -0.39 is 7.80 Å². The normalized spacial score (nSPS) is 11.1. The van der Waals surface area contributed by atoms with Gasteiger partial charge in [-0.15, -0.1) is 0 Å². The molecule has 1 atom stereocenters. The number of hydrogen-bond acceptors (Lipinski definition) is 2. The van der Waals surface area contributed by atoms with Gasteiger partial charge < -0.3 is 4.74 Å². The number of ether oxygens (including phenoxy) is 1. The Morgan fingerprint density at radius 3 is 1.88 bits per heavy atom. The Balaban J connectivity index is 2.27. The molecular formula is C13H11FO2P. The number of rotatable bonds is 3. The smallest absolute Gasteiger partial charge is 0.136 e. The summed E-state index contributed by atoms with van der Waals surface area (Å²) in [5.41, 5.74) is 0. The van der Waals surface area contributed by atoms with Gasteiger partial charge in [0.25, 0.3) is 0 Å². The lowest BCUT2D eigenvalue weighted by atomic mass is 10.3. The molecule has 0 aromatic heterocycles. The van der Waals surface area contributed by atoms with E-state index in [1.807, 2.05) is 0 Å². The van der Waals surface area contributed by atoms with Crippen molar-refractivity contribution in [3.05, 3.63) is 54.3 Å². The number of hydrogen-bond donors (Lipinski definition) is 0. The van der Waals surface area contributed by atoms with Gasteiger partial charge in [0.1, 0.15) is 19.4 Å². The van der Waals surface area contributed by atoms with Crippen LogP contribution in [0.1, 0.15) is 0 Å². The molecule has 17 heavy (non-hydrogen) atoms. The lowest BCUT2D eigenvalue weighted by molar-refractivity contribution is 0.415. The molecule has 0 aliphatic carbocycles. The first-order valence-corrected chi connectivity index (χ1v) is 6.33. The van der Waals surface area contributed by atoms with Crippen molar-refractivity contribution in [1.82, 2.24) is 0 Å². The van der Waals surface area contributed by atoms with Crippen LogP contribution in [-0.2, 0) is 4.57 Å². The predicted molar refractivity (Wildman–Crippen MR) is 66.3 cm³/mol. The molecule has 1 unspecified atom stereocenters. The van der Waals surface area contributed by atoms with E-state index >= 15 is 0 Å². The third-order valence-corrected chi connectivity index (χ3v) is 3.90. The van der Waals surface area contributed by atoms with Crippen molar-refractivity contribution < 1.29 is 13.7 Å². The van der Waals surface area contributed by atoms with Crippen LogP contribution in [0.25, 0.3) is 0 Å². The van der Waals surface area contributed by atoms with E-state index in [1.165, 1.54) is 24.3 Å². The second-order valence-corrected chi connectivity index (χ2v) is 5.09. The van der Waals surface area contributed by atoms with Gasteiger partial charge in [0, 0.05) is 10.6 Å². The van der Waals surface area contributed by atoms with Crippen LogP contribution in [0.15, 0.2) is 48.5 Å². The van der Waals surface area contributed by atoms with Gasteiger partial charge in [-0.25, -0.2) is 4.39 Å². The van der Waals surface area contributed by atoms with Gasteiger partial charge in [0.2, 0.25) is 0 Å². The molecule has 2 rings (SSSR count). The van der Waals surface area contributed by atoms with Gasteiger partial charge in [0.05, 0.1) is 7.11 Å². The van der Waals surface area contributed by atoms with Crippen LogP contribution in [0, 0.1) is 5.82 Å². The van der Waals surface area contributed by atoms with E-state index in [0.29, 0.717) is 10.6 Å². The predicted octanol–water partition coefficient (Wildman–Crippen LogP) is 2.61. The third kappa shape index (κ3) is 2.69. The molecule has 0 N–H and O–H groups in total. The molecule has 0 spiro atoms. The molecule has 4 heteroatoms. The summed E-state index contributed by atoms with van der Waals surface area (Å²) in [6.45, 7) is 0. The molecule has 0 saturated heterocycles. The zero-order valence-corrected chi connectivity index (χ0v) is 10.2. The summed E-state index contributed by atoms with van der Waals surface area (Å²) in [7, 11) is -0.0944. The highest BCUT2D eigenvalue weighted by molar-refractivity contribution is 7.61. The highest BCUT2D eigenvalue weighted by Gasteiger charge is 2.07. The monoisotopic (exact) mass is 249 g/mol. The second kappa shape index (κ2) is 5.07. The van der Waals surface area contributed by atoms with Gasteiger partial charge in [-0.05, 0) is 48.5 Å². The zero-order valence-electron chi connectivity index (χ0n) is 9.26. The van der Waals surface area contributed by atoms with Crippen LogP contribution >= 0.6 is 7.80 Å². The van der Waals surface area contributed by atoms with Gasteiger partial charge in [-0.1, -0.05) is 0 Å². The fourth-order valence-electron chi connectivity index (χ4n) is 1.44. The average molecular weight is 249 g/mol. The number of benzene rings is 2. The maximum atomic E-state index is 12.7. The van der Waals surface area contributed by atoms with E-state index in [4.69, 9.17) is 4.74 Å². The Morgan fingerprint density at radius 1 is 0.941 bits per heavy atom. The van der Waals surface area contributed by atoms with Crippen LogP contribution in [0.5, 0.6) is 5.75 Å². The molecule has 0 amide bonds. The molecule has 0 saturated carbocycles. The standard InChI is InChI=1S/C13H11FO2P/c1-16-11-4-8-13(9-5-11)17(15)12-6-2-10(14)3-7-12/h2-9H,1H3. The molecule has 0 aliphatic heterocycles. The summed E-state index contributed by atoms with van der Waals surface area (Å²) in [4.78, 5) is 0. The summed E-state index contributed by atoms with van der Waals surface area (Å²) in [5, 5.41) is 1.32. The molecule has 0 heterocycles. The van der Waals surface area contributed by atoms with Crippen molar-refractivity contribution in [3.63, 3.8) is 0 Å². The van der Waals surface area contributed by atoms with Crippen molar-refractivity contribution >= 4 is 18.4 Å². The van der Waals surface area contributed by atoms with Gasteiger partial charge in [-0.2, -0.15) is 0 Å². The Bertz CT molecular complexity index is 520. The lowest BCUT2D eigenvalue weighted by Crippen LogP contribution is -2.06. The van der Waals surface area contributed by atoms with E-state index in [0.717, 1.165) is 5.75 Å². The lowest BCUT2D eigenvalue weighted by Gasteiger charge is -2.03. The summed E-state index contributed by atoms with van der Waals surface area (Å²) in [6.07, 6.45) is 0.